The topological polar surface area (TPSA) is 47.6 Å². The average molecular weight is 229 g/mol. The highest BCUT2D eigenvalue weighted by atomic mass is 16.6. The van der Waals surface area contributed by atoms with Crippen molar-refractivity contribution in [1.29, 1.82) is 0 Å². The molecular weight excluding hydrogens is 206 g/mol. The van der Waals surface area contributed by atoms with Gasteiger partial charge in [-0.05, 0) is 52.1 Å². The van der Waals surface area contributed by atoms with Crippen LogP contribution in [0.1, 0.15) is 33.1 Å². The Labute approximate surface area is 97.7 Å². The lowest BCUT2D eigenvalue weighted by Gasteiger charge is -2.22. The Morgan fingerprint density at radius 1 is 1.50 bits per heavy atom. The van der Waals surface area contributed by atoms with Gasteiger partial charge in [-0.3, -0.25) is 0 Å². The summed E-state index contributed by atoms with van der Waals surface area (Å²) in [5, 5.41) is 3.36. The molecule has 1 fully saturated rings. The lowest BCUT2D eigenvalue weighted by molar-refractivity contribution is -0.152. The Kier molecular flexibility index (Phi) is 6.42. The maximum atomic E-state index is 11.1. The SMILES string of the molecule is CC(C)OC(=O)COCCC1CCCNC1. The molecule has 0 bridgehead atoms. The maximum Gasteiger partial charge on any atom is 0.332 e. The molecule has 1 rings (SSSR count). The fraction of sp³-hybridized carbons (Fsp3) is 0.917. The van der Waals surface area contributed by atoms with Crippen LogP contribution < -0.4 is 5.32 Å². The lowest BCUT2D eigenvalue weighted by Crippen LogP contribution is -2.30. The maximum absolute atomic E-state index is 11.1. The predicted octanol–water partition coefficient (Wildman–Crippen LogP) is 1.34. The second-order valence-electron chi connectivity index (χ2n) is 4.59. The summed E-state index contributed by atoms with van der Waals surface area (Å²) in [6.45, 7) is 6.63. The summed E-state index contributed by atoms with van der Waals surface area (Å²) in [5.74, 6) is 0.437. The first-order valence-electron chi connectivity index (χ1n) is 6.16. The first-order valence-corrected chi connectivity index (χ1v) is 6.16. The van der Waals surface area contributed by atoms with Gasteiger partial charge in [0.25, 0.3) is 0 Å². The van der Waals surface area contributed by atoms with Gasteiger partial charge in [-0.25, -0.2) is 4.79 Å². The number of rotatable bonds is 6. The summed E-state index contributed by atoms with van der Waals surface area (Å²) in [7, 11) is 0. The van der Waals surface area contributed by atoms with Gasteiger partial charge in [-0.1, -0.05) is 0 Å². The Hall–Kier alpha value is -0.610. The van der Waals surface area contributed by atoms with E-state index in [9.17, 15) is 4.79 Å². The summed E-state index contributed by atoms with van der Waals surface area (Å²) in [5.41, 5.74) is 0. The molecule has 0 aromatic rings. The van der Waals surface area contributed by atoms with Crippen molar-refractivity contribution in [3.63, 3.8) is 0 Å². The van der Waals surface area contributed by atoms with Crippen LogP contribution in [-0.4, -0.2) is 38.4 Å². The summed E-state index contributed by atoms with van der Waals surface area (Å²) in [6, 6.07) is 0. The minimum absolute atomic E-state index is 0.0568. The molecule has 0 aromatic heterocycles. The number of carbonyl (C=O) groups excluding carboxylic acids is 1. The molecule has 94 valence electrons. The predicted molar refractivity (Wildman–Crippen MR) is 62.3 cm³/mol. The molecule has 0 saturated carbocycles. The molecule has 0 radical (unpaired) electrons. The van der Waals surface area contributed by atoms with Gasteiger partial charge in [0.05, 0.1) is 6.10 Å². The van der Waals surface area contributed by atoms with E-state index in [4.69, 9.17) is 9.47 Å². The fourth-order valence-corrected chi connectivity index (χ4v) is 1.87. The highest BCUT2D eigenvalue weighted by Gasteiger charge is 2.13. The molecule has 1 unspecified atom stereocenters. The molecule has 0 aliphatic carbocycles. The Balaban J connectivity index is 1.96. The van der Waals surface area contributed by atoms with Crippen LogP contribution in [-0.2, 0) is 14.3 Å². The second kappa shape index (κ2) is 7.63. The van der Waals surface area contributed by atoms with Crippen LogP contribution in [0.25, 0.3) is 0 Å². The molecule has 4 nitrogen and oxygen atoms in total. The van der Waals surface area contributed by atoms with E-state index in [1.807, 2.05) is 13.8 Å². The molecule has 0 spiro atoms. The third-order valence-electron chi connectivity index (χ3n) is 2.66. The van der Waals surface area contributed by atoms with Gasteiger partial charge >= 0.3 is 5.97 Å². The molecule has 4 heteroatoms. The normalized spacial score (nSPS) is 21.1. The van der Waals surface area contributed by atoms with Crippen molar-refractivity contribution in [3.05, 3.63) is 0 Å². The van der Waals surface area contributed by atoms with Crippen molar-refractivity contribution in [2.75, 3.05) is 26.3 Å². The molecule has 1 saturated heterocycles. The van der Waals surface area contributed by atoms with E-state index in [1.165, 1.54) is 12.8 Å². The van der Waals surface area contributed by atoms with E-state index in [1.54, 1.807) is 0 Å². The van der Waals surface area contributed by atoms with E-state index >= 15 is 0 Å². The quantitative estimate of drug-likeness (QED) is 0.551. The molecule has 0 aromatic carbocycles. The first kappa shape index (κ1) is 13.5. The van der Waals surface area contributed by atoms with Crippen LogP contribution in [0.4, 0.5) is 0 Å². The van der Waals surface area contributed by atoms with E-state index < -0.39 is 0 Å². The van der Waals surface area contributed by atoms with Crippen LogP contribution in [0.3, 0.4) is 0 Å². The highest BCUT2D eigenvalue weighted by molar-refractivity contribution is 5.70. The van der Waals surface area contributed by atoms with Gasteiger partial charge in [0.2, 0.25) is 0 Å². The molecular formula is C12H23NO3. The fourth-order valence-electron chi connectivity index (χ4n) is 1.87. The van der Waals surface area contributed by atoms with Gasteiger partial charge < -0.3 is 14.8 Å². The van der Waals surface area contributed by atoms with Crippen molar-refractivity contribution < 1.29 is 14.3 Å². The number of ether oxygens (including phenoxy) is 2. The van der Waals surface area contributed by atoms with Crippen LogP contribution in [0, 0.1) is 5.92 Å². The number of hydrogen-bond donors (Lipinski definition) is 1. The summed E-state index contributed by atoms with van der Waals surface area (Å²) < 4.78 is 10.3. The minimum atomic E-state index is -0.267. The van der Waals surface area contributed by atoms with Gasteiger partial charge in [0.15, 0.2) is 0 Å². The molecule has 1 aliphatic rings. The molecule has 1 heterocycles. The monoisotopic (exact) mass is 229 g/mol. The summed E-state index contributed by atoms with van der Waals surface area (Å²) in [4.78, 5) is 11.1. The zero-order valence-corrected chi connectivity index (χ0v) is 10.3. The van der Waals surface area contributed by atoms with Crippen molar-refractivity contribution in [1.82, 2.24) is 5.32 Å². The number of esters is 1. The third-order valence-corrected chi connectivity index (χ3v) is 2.66. The van der Waals surface area contributed by atoms with Crippen LogP contribution in [0.2, 0.25) is 0 Å². The minimum Gasteiger partial charge on any atom is -0.461 e. The molecule has 1 atom stereocenters. The van der Waals surface area contributed by atoms with Gasteiger partial charge in [-0.15, -0.1) is 0 Å². The summed E-state index contributed by atoms with van der Waals surface area (Å²) >= 11 is 0. The summed E-state index contributed by atoms with van der Waals surface area (Å²) in [6.07, 6.45) is 3.49. The number of hydrogen-bond acceptors (Lipinski definition) is 4. The standard InChI is InChI=1S/C12H23NO3/c1-10(2)16-12(14)9-15-7-5-11-4-3-6-13-8-11/h10-11,13H,3-9H2,1-2H3. The molecule has 0 amide bonds. The first-order chi connectivity index (χ1) is 7.68. The molecule has 1 aliphatic heterocycles. The second-order valence-corrected chi connectivity index (χ2v) is 4.59. The number of carbonyl (C=O) groups is 1. The van der Waals surface area contributed by atoms with E-state index in [0.29, 0.717) is 12.5 Å². The smallest absolute Gasteiger partial charge is 0.332 e. The lowest BCUT2D eigenvalue weighted by atomic mass is 9.97. The largest absolute Gasteiger partial charge is 0.461 e. The Morgan fingerprint density at radius 2 is 2.31 bits per heavy atom. The Morgan fingerprint density at radius 3 is 2.94 bits per heavy atom. The third kappa shape index (κ3) is 6.08. The van der Waals surface area contributed by atoms with Crippen molar-refractivity contribution in [2.24, 2.45) is 5.92 Å². The van der Waals surface area contributed by atoms with Crippen LogP contribution in [0.5, 0.6) is 0 Å². The van der Waals surface area contributed by atoms with Crippen molar-refractivity contribution in [2.45, 2.75) is 39.2 Å². The van der Waals surface area contributed by atoms with E-state index in [-0.39, 0.29) is 18.7 Å². The van der Waals surface area contributed by atoms with Gasteiger partial charge in [0, 0.05) is 6.61 Å². The Bertz CT molecular complexity index is 200. The van der Waals surface area contributed by atoms with E-state index in [0.717, 1.165) is 19.5 Å². The van der Waals surface area contributed by atoms with Crippen molar-refractivity contribution >= 4 is 5.97 Å². The number of piperidine rings is 1. The van der Waals surface area contributed by atoms with Gasteiger partial charge in [-0.2, -0.15) is 0 Å². The van der Waals surface area contributed by atoms with Crippen LogP contribution >= 0.6 is 0 Å². The zero-order valence-electron chi connectivity index (χ0n) is 10.3. The zero-order chi connectivity index (χ0) is 11.8. The number of nitrogens with one attached hydrogen (secondary N) is 1. The molecule has 1 N–H and O–H groups in total. The average Bonchev–Trinajstić information content (AvgIpc) is 2.25. The highest BCUT2D eigenvalue weighted by Crippen LogP contribution is 2.13. The van der Waals surface area contributed by atoms with Crippen molar-refractivity contribution in [3.8, 4) is 0 Å². The molecule has 16 heavy (non-hydrogen) atoms. The van der Waals surface area contributed by atoms with Gasteiger partial charge in [0.1, 0.15) is 6.61 Å². The van der Waals surface area contributed by atoms with E-state index in [2.05, 4.69) is 5.32 Å². The van der Waals surface area contributed by atoms with Crippen LogP contribution in [0.15, 0.2) is 0 Å².